The number of hydrogen-bond acceptors (Lipinski definition) is 4. The Kier molecular flexibility index (Phi) is 5.19. The fraction of sp³-hybridized carbons (Fsp3) is 0.211. The van der Waals surface area contributed by atoms with E-state index < -0.39 is 0 Å². The lowest BCUT2D eigenvalue weighted by Gasteiger charge is -2.13. The molecule has 0 saturated carbocycles. The number of aromatic nitrogens is 2. The van der Waals surface area contributed by atoms with Crippen LogP contribution in [0.3, 0.4) is 0 Å². The van der Waals surface area contributed by atoms with Gasteiger partial charge in [0.05, 0.1) is 16.8 Å². The maximum absolute atomic E-state index is 13.1. The summed E-state index contributed by atoms with van der Waals surface area (Å²) in [6.07, 6.45) is 2.35. The highest BCUT2D eigenvalue weighted by molar-refractivity contribution is 7.13. The van der Waals surface area contributed by atoms with Crippen molar-refractivity contribution < 1.29 is 9.18 Å². The van der Waals surface area contributed by atoms with Crippen molar-refractivity contribution in [2.45, 2.75) is 20.3 Å². The first-order valence-electron chi connectivity index (χ1n) is 8.06. The Morgan fingerprint density at radius 2 is 2.04 bits per heavy atom. The highest BCUT2D eigenvalue weighted by atomic mass is 32.1. The van der Waals surface area contributed by atoms with Crippen molar-refractivity contribution in [2.75, 3.05) is 5.32 Å². The van der Waals surface area contributed by atoms with Crippen LogP contribution in [0.5, 0.6) is 0 Å². The maximum atomic E-state index is 13.1. The molecule has 0 spiro atoms. The predicted octanol–water partition coefficient (Wildman–Crippen LogP) is 5.00. The zero-order chi connectivity index (χ0) is 17.8. The van der Waals surface area contributed by atoms with Gasteiger partial charge in [0, 0.05) is 11.5 Å². The van der Waals surface area contributed by atoms with E-state index in [-0.39, 0.29) is 17.6 Å². The molecule has 1 atom stereocenters. The monoisotopic (exact) mass is 355 g/mol. The third-order valence-corrected chi connectivity index (χ3v) is 4.85. The highest BCUT2D eigenvalue weighted by Crippen LogP contribution is 2.31. The van der Waals surface area contributed by atoms with Gasteiger partial charge in [-0.25, -0.2) is 14.4 Å². The van der Waals surface area contributed by atoms with Crippen molar-refractivity contribution in [2.24, 2.45) is 5.92 Å². The summed E-state index contributed by atoms with van der Waals surface area (Å²) in [7, 11) is 0. The van der Waals surface area contributed by atoms with Gasteiger partial charge in [-0.1, -0.05) is 19.9 Å². The van der Waals surface area contributed by atoms with Crippen LogP contribution in [-0.4, -0.2) is 15.9 Å². The fourth-order valence-electron chi connectivity index (χ4n) is 2.25. The molecule has 1 unspecified atom stereocenters. The summed E-state index contributed by atoms with van der Waals surface area (Å²) in [5, 5.41) is 4.82. The summed E-state index contributed by atoms with van der Waals surface area (Å²) in [5.74, 6) is -0.0369. The summed E-state index contributed by atoms with van der Waals surface area (Å²) in [5.41, 5.74) is 2.02. The molecule has 0 bridgehead atoms. The molecule has 3 aromatic rings. The number of thiophene rings is 1. The number of nitrogens with zero attached hydrogens (tertiary/aromatic N) is 2. The second-order valence-electron chi connectivity index (χ2n) is 5.74. The van der Waals surface area contributed by atoms with Crippen LogP contribution in [0.15, 0.2) is 48.0 Å². The Bertz CT molecular complexity index is 863. The van der Waals surface area contributed by atoms with E-state index >= 15 is 0 Å². The van der Waals surface area contributed by atoms with Crippen molar-refractivity contribution in [1.82, 2.24) is 9.97 Å². The van der Waals surface area contributed by atoms with E-state index in [4.69, 9.17) is 0 Å². The summed E-state index contributed by atoms with van der Waals surface area (Å²) in [6, 6.07) is 9.96. The predicted molar refractivity (Wildman–Crippen MR) is 98.8 cm³/mol. The summed E-state index contributed by atoms with van der Waals surface area (Å²) in [4.78, 5) is 22.2. The number of benzene rings is 1. The maximum Gasteiger partial charge on any atom is 0.228 e. The van der Waals surface area contributed by atoms with Crippen molar-refractivity contribution in [1.29, 1.82) is 0 Å². The Morgan fingerprint density at radius 3 is 2.68 bits per heavy atom. The number of nitrogens with one attached hydrogen (secondary N) is 1. The molecular weight excluding hydrogens is 337 g/mol. The van der Waals surface area contributed by atoms with E-state index in [9.17, 15) is 9.18 Å². The van der Waals surface area contributed by atoms with E-state index in [1.54, 1.807) is 18.3 Å². The van der Waals surface area contributed by atoms with Crippen LogP contribution in [0.1, 0.15) is 20.3 Å². The van der Waals surface area contributed by atoms with Crippen LogP contribution in [0.2, 0.25) is 0 Å². The summed E-state index contributed by atoms with van der Waals surface area (Å²) in [6.45, 7) is 3.84. The minimum atomic E-state index is -0.298. The van der Waals surface area contributed by atoms with Crippen molar-refractivity contribution in [3.63, 3.8) is 0 Å². The first kappa shape index (κ1) is 17.2. The van der Waals surface area contributed by atoms with Gasteiger partial charge < -0.3 is 5.32 Å². The van der Waals surface area contributed by atoms with Crippen LogP contribution in [0.4, 0.5) is 10.2 Å². The van der Waals surface area contributed by atoms with Gasteiger partial charge in [-0.05, 0) is 42.1 Å². The van der Waals surface area contributed by atoms with Crippen LogP contribution in [0, 0.1) is 11.7 Å². The summed E-state index contributed by atoms with van der Waals surface area (Å²) >= 11 is 1.52. The highest BCUT2D eigenvalue weighted by Gasteiger charge is 2.17. The van der Waals surface area contributed by atoms with Gasteiger partial charge in [0.15, 0.2) is 5.82 Å². The molecule has 128 valence electrons. The molecule has 4 nitrogen and oxygen atoms in total. The molecule has 1 aromatic carbocycles. The van der Waals surface area contributed by atoms with Gasteiger partial charge in [-0.15, -0.1) is 11.3 Å². The van der Waals surface area contributed by atoms with E-state index in [2.05, 4.69) is 15.3 Å². The molecule has 0 aliphatic rings. The fourth-order valence-corrected chi connectivity index (χ4v) is 2.97. The zero-order valence-electron chi connectivity index (χ0n) is 14.0. The molecule has 6 heteroatoms. The standard InChI is InChI=1S/C19H18FN3OS/c1-3-12(2)19(24)23-18-17(16-5-4-10-25-16)22-15(11-21-18)13-6-8-14(20)9-7-13/h4-12H,3H2,1-2H3,(H,21,23,24). The Labute approximate surface area is 149 Å². The lowest BCUT2D eigenvalue weighted by Crippen LogP contribution is -2.21. The molecule has 0 aliphatic heterocycles. The Hall–Kier alpha value is -2.60. The van der Waals surface area contributed by atoms with Crippen LogP contribution in [0.25, 0.3) is 21.8 Å². The number of hydrogen-bond donors (Lipinski definition) is 1. The molecule has 0 aliphatic carbocycles. The number of amides is 1. The molecule has 1 amide bonds. The first-order valence-corrected chi connectivity index (χ1v) is 8.94. The average molecular weight is 355 g/mol. The zero-order valence-corrected chi connectivity index (χ0v) is 14.8. The van der Waals surface area contributed by atoms with Gasteiger partial charge in [-0.2, -0.15) is 0 Å². The van der Waals surface area contributed by atoms with E-state index in [0.29, 0.717) is 17.2 Å². The van der Waals surface area contributed by atoms with Gasteiger partial charge in [0.1, 0.15) is 11.5 Å². The van der Waals surface area contributed by atoms with Gasteiger partial charge >= 0.3 is 0 Å². The Balaban J connectivity index is 2.01. The molecule has 25 heavy (non-hydrogen) atoms. The van der Waals surface area contributed by atoms with Crippen LogP contribution >= 0.6 is 11.3 Å². The third kappa shape index (κ3) is 3.91. The number of anilines is 1. The van der Waals surface area contributed by atoms with E-state index in [0.717, 1.165) is 16.9 Å². The molecule has 0 fully saturated rings. The number of halogens is 1. The number of carbonyl (C=O) groups is 1. The van der Waals surface area contributed by atoms with Crippen molar-refractivity contribution in [3.05, 3.63) is 53.8 Å². The SMILES string of the molecule is CCC(C)C(=O)Nc1ncc(-c2ccc(F)cc2)nc1-c1cccs1. The second kappa shape index (κ2) is 7.53. The summed E-state index contributed by atoms with van der Waals surface area (Å²) < 4.78 is 13.1. The van der Waals surface area contributed by atoms with Crippen molar-refractivity contribution in [3.8, 4) is 21.8 Å². The normalized spacial score (nSPS) is 12.0. The average Bonchev–Trinajstić information content (AvgIpc) is 3.16. The van der Waals surface area contributed by atoms with E-state index in [1.807, 2.05) is 31.4 Å². The lowest BCUT2D eigenvalue weighted by atomic mass is 10.1. The molecule has 0 radical (unpaired) electrons. The lowest BCUT2D eigenvalue weighted by molar-refractivity contribution is -0.119. The van der Waals surface area contributed by atoms with Crippen molar-refractivity contribution >= 4 is 23.1 Å². The van der Waals surface area contributed by atoms with E-state index in [1.165, 1.54) is 23.5 Å². The first-order chi connectivity index (χ1) is 12.1. The van der Waals surface area contributed by atoms with Gasteiger partial charge in [-0.3, -0.25) is 4.79 Å². The molecule has 2 heterocycles. The van der Waals surface area contributed by atoms with Crippen LogP contribution < -0.4 is 5.32 Å². The third-order valence-electron chi connectivity index (χ3n) is 3.97. The Morgan fingerprint density at radius 1 is 1.28 bits per heavy atom. The quantitative estimate of drug-likeness (QED) is 0.701. The van der Waals surface area contributed by atoms with Gasteiger partial charge in [0.25, 0.3) is 0 Å². The molecular formula is C19H18FN3OS. The number of rotatable bonds is 5. The number of carbonyl (C=O) groups excluding carboxylic acids is 1. The molecule has 3 rings (SSSR count). The smallest absolute Gasteiger partial charge is 0.228 e. The molecule has 0 saturated heterocycles. The van der Waals surface area contributed by atoms with Gasteiger partial charge in [0.2, 0.25) is 5.91 Å². The largest absolute Gasteiger partial charge is 0.309 e. The topological polar surface area (TPSA) is 54.9 Å². The second-order valence-corrected chi connectivity index (χ2v) is 6.68. The molecule has 1 N–H and O–H groups in total. The minimum absolute atomic E-state index is 0.0795. The minimum Gasteiger partial charge on any atom is -0.309 e. The van der Waals surface area contributed by atoms with Crippen LogP contribution in [-0.2, 0) is 4.79 Å². The molecule has 2 aromatic heterocycles.